The zero-order chi connectivity index (χ0) is 14.1. The van der Waals surface area contributed by atoms with Crippen molar-refractivity contribution >= 4 is 5.69 Å². The van der Waals surface area contributed by atoms with Gasteiger partial charge in [-0.25, -0.2) is 4.68 Å². The molecule has 0 spiro atoms. The number of aromatic nitrogens is 4. The maximum atomic E-state index is 6.17. The highest BCUT2D eigenvalue weighted by molar-refractivity contribution is 5.74. The summed E-state index contributed by atoms with van der Waals surface area (Å²) < 4.78 is 7.48. The molecule has 1 aliphatic rings. The van der Waals surface area contributed by atoms with Gasteiger partial charge in [0, 0.05) is 17.9 Å². The van der Waals surface area contributed by atoms with E-state index in [1.54, 1.807) is 0 Å². The number of hydrogen-bond donors (Lipinski definition) is 1. The molecule has 1 saturated heterocycles. The number of rotatable bonds is 2. The third kappa shape index (κ3) is 2.27. The maximum absolute atomic E-state index is 6.17. The van der Waals surface area contributed by atoms with Gasteiger partial charge in [-0.05, 0) is 48.7 Å². The minimum Gasteiger partial charge on any atom is -0.398 e. The first-order valence-electron chi connectivity index (χ1n) is 6.91. The summed E-state index contributed by atoms with van der Waals surface area (Å²) in [5.41, 5.74) is 8.84. The zero-order valence-corrected chi connectivity index (χ0v) is 11.8. The number of para-hydroxylation sites is 1. The molecule has 106 valence electrons. The molecule has 2 N–H and O–H groups in total. The smallest absolute Gasteiger partial charge is 0.184 e. The van der Waals surface area contributed by atoms with Crippen LogP contribution in [0.15, 0.2) is 18.2 Å². The van der Waals surface area contributed by atoms with Crippen LogP contribution in [0.2, 0.25) is 0 Å². The van der Waals surface area contributed by atoms with Crippen LogP contribution in [0, 0.1) is 6.92 Å². The standard InChI is InChI=1S/C14H19N5O/c1-9-4-3-5-12(13(9)15)14-16-17-18-19(14)11-6-7-20-10(2)8-11/h3-5,10-11H,6-8,15H2,1-2H3. The predicted octanol–water partition coefficient (Wildman–Crippen LogP) is 1.97. The summed E-state index contributed by atoms with van der Waals surface area (Å²) in [4.78, 5) is 0. The van der Waals surface area contributed by atoms with E-state index in [1.807, 2.05) is 29.8 Å². The van der Waals surface area contributed by atoms with Crippen LogP contribution >= 0.6 is 0 Å². The summed E-state index contributed by atoms with van der Waals surface area (Å²) in [5, 5.41) is 12.2. The number of aryl methyl sites for hydroxylation is 1. The van der Waals surface area contributed by atoms with Crippen molar-refractivity contribution < 1.29 is 4.74 Å². The van der Waals surface area contributed by atoms with Gasteiger partial charge in [-0.15, -0.1) is 5.10 Å². The zero-order valence-electron chi connectivity index (χ0n) is 11.8. The number of hydrogen-bond acceptors (Lipinski definition) is 5. The molecule has 2 heterocycles. The molecule has 0 amide bonds. The van der Waals surface area contributed by atoms with Gasteiger partial charge >= 0.3 is 0 Å². The van der Waals surface area contributed by atoms with E-state index in [1.165, 1.54) is 0 Å². The van der Waals surface area contributed by atoms with E-state index in [9.17, 15) is 0 Å². The summed E-state index contributed by atoms with van der Waals surface area (Å²) in [6.45, 7) is 4.81. The number of tetrazole rings is 1. The number of nitrogens with zero attached hydrogens (tertiary/aromatic N) is 4. The van der Waals surface area contributed by atoms with Crippen molar-refractivity contribution in [2.45, 2.75) is 38.8 Å². The van der Waals surface area contributed by atoms with Crippen molar-refractivity contribution in [1.82, 2.24) is 20.2 Å². The van der Waals surface area contributed by atoms with Gasteiger partial charge in [0.25, 0.3) is 0 Å². The summed E-state index contributed by atoms with van der Waals surface area (Å²) in [7, 11) is 0. The van der Waals surface area contributed by atoms with E-state index in [2.05, 4.69) is 22.4 Å². The third-order valence-corrected chi connectivity index (χ3v) is 3.86. The molecular formula is C14H19N5O. The second-order valence-electron chi connectivity index (χ2n) is 5.34. The van der Waals surface area contributed by atoms with Gasteiger partial charge in [0.05, 0.1) is 12.1 Å². The molecule has 20 heavy (non-hydrogen) atoms. The Hall–Kier alpha value is -1.95. The van der Waals surface area contributed by atoms with Crippen LogP contribution in [-0.4, -0.2) is 32.9 Å². The second-order valence-corrected chi connectivity index (χ2v) is 5.34. The molecule has 1 aliphatic heterocycles. The van der Waals surface area contributed by atoms with Crippen molar-refractivity contribution in [2.75, 3.05) is 12.3 Å². The Morgan fingerprint density at radius 3 is 3.05 bits per heavy atom. The molecule has 3 rings (SSSR count). The molecule has 1 fully saturated rings. The van der Waals surface area contributed by atoms with Crippen LogP contribution in [-0.2, 0) is 4.74 Å². The Labute approximate surface area is 117 Å². The van der Waals surface area contributed by atoms with Crippen LogP contribution < -0.4 is 5.73 Å². The van der Waals surface area contributed by atoms with Crippen molar-refractivity contribution in [3.8, 4) is 11.4 Å². The molecular weight excluding hydrogens is 254 g/mol. The molecule has 6 heteroatoms. The molecule has 0 bridgehead atoms. The Balaban J connectivity index is 1.99. The normalized spacial score (nSPS) is 22.9. The fraction of sp³-hybridized carbons (Fsp3) is 0.500. The minimum atomic E-state index is 0.237. The predicted molar refractivity (Wildman–Crippen MR) is 76.1 cm³/mol. The van der Waals surface area contributed by atoms with Gasteiger partial charge in [0.2, 0.25) is 0 Å². The van der Waals surface area contributed by atoms with Crippen LogP contribution in [0.3, 0.4) is 0 Å². The van der Waals surface area contributed by atoms with Gasteiger partial charge in [-0.2, -0.15) is 0 Å². The topological polar surface area (TPSA) is 78.8 Å². The van der Waals surface area contributed by atoms with Gasteiger partial charge in [0.1, 0.15) is 0 Å². The lowest BCUT2D eigenvalue weighted by atomic mass is 10.0. The minimum absolute atomic E-state index is 0.237. The van der Waals surface area contributed by atoms with Gasteiger partial charge in [-0.1, -0.05) is 12.1 Å². The SMILES string of the molecule is Cc1cccc(-c2nnnn2C2CCOC(C)C2)c1N. The summed E-state index contributed by atoms with van der Waals surface area (Å²) >= 11 is 0. The molecule has 1 aromatic carbocycles. The van der Waals surface area contributed by atoms with E-state index in [0.29, 0.717) is 0 Å². The van der Waals surface area contributed by atoms with Crippen LogP contribution in [0.1, 0.15) is 31.4 Å². The van der Waals surface area contributed by atoms with E-state index in [-0.39, 0.29) is 12.1 Å². The first kappa shape index (κ1) is 13.1. The van der Waals surface area contributed by atoms with Crippen molar-refractivity contribution in [3.05, 3.63) is 23.8 Å². The Morgan fingerprint density at radius 1 is 1.40 bits per heavy atom. The highest BCUT2D eigenvalue weighted by atomic mass is 16.5. The molecule has 2 unspecified atom stereocenters. The highest BCUT2D eigenvalue weighted by Crippen LogP contribution is 2.31. The molecule has 1 aromatic heterocycles. The fourth-order valence-electron chi connectivity index (χ4n) is 2.69. The van der Waals surface area contributed by atoms with Gasteiger partial charge < -0.3 is 10.5 Å². The molecule has 0 saturated carbocycles. The van der Waals surface area contributed by atoms with Crippen molar-refractivity contribution in [2.24, 2.45) is 0 Å². The van der Waals surface area contributed by atoms with Crippen molar-refractivity contribution in [1.29, 1.82) is 0 Å². The number of benzene rings is 1. The first-order chi connectivity index (χ1) is 9.66. The van der Waals surface area contributed by atoms with Gasteiger partial charge in [0.15, 0.2) is 5.82 Å². The molecule has 2 atom stereocenters. The number of nitrogen functional groups attached to an aromatic ring is 1. The van der Waals surface area contributed by atoms with Gasteiger partial charge in [-0.3, -0.25) is 0 Å². The van der Waals surface area contributed by atoms with E-state index in [4.69, 9.17) is 10.5 Å². The van der Waals surface area contributed by atoms with Crippen LogP contribution in [0.5, 0.6) is 0 Å². The summed E-state index contributed by atoms with van der Waals surface area (Å²) in [6.07, 6.45) is 2.08. The monoisotopic (exact) mass is 273 g/mol. The molecule has 0 aliphatic carbocycles. The third-order valence-electron chi connectivity index (χ3n) is 3.86. The number of anilines is 1. The quantitative estimate of drug-likeness (QED) is 0.846. The number of nitrogens with two attached hydrogens (primary N) is 1. The lowest BCUT2D eigenvalue weighted by molar-refractivity contribution is 0.00351. The number of ether oxygens (including phenoxy) is 1. The van der Waals surface area contributed by atoms with Crippen LogP contribution in [0.25, 0.3) is 11.4 Å². The fourth-order valence-corrected chi connectivity index (χ4v) is 2.69. The Kier molecular flexibility index (Phi) is 3.40. The largest absolute Gasteiger partial charge is 0.398 e. The van der Waals surface area contributed by atoms with Crippen LogP contribution in [0.4, 0.5) is 5.69 Å². The lowest BCUT2D eigenvalue weighted by Crippen LogP contribution is -2.26. The molecule has 6 nitrogen and oxygen atoms in total. The summed E-state index contributed by atoms with van der Waals surface area (Å²) in [5.74, 6) is 0.741. The maximum Gasteiger partial charge on any atom is 0.184 e. The lowest BCUT2D eigenvalue weighted by Gasteiger charge is -2.27. The first-order valence-corrected chi connectivity index (χ1v) is 6.91. The highest BCUT2D eigenvalue weighted by Gasteiger charge is 2.25. The summed E-state index contributed by atoms with van der Waals surface area (Å²) in [6, 6.07) is 6.20. The Morgan fingerprint density at radius 2 is 2.25 bits per heavy atom. The average molecular weight is 273 g/mol. The molecule has 0 radical (unpaired) electrons. The van der Waals surface area contributed by atoms with Crippen molar-refractivity contribution in [3.63, 3.8) is 0 Å². The Bertz CT molecular complexity index is 609. The second kappa shape index (κ2) is 5.20. The van der Waals surface area contributed by atoms with E-state index in [0.717, 1.165) is 42.1 Å². The average Bonchev–Trinajstić information content (AvgIpc) is 2.91. The van der Waals surface area contributed by atoms with E-state index >= 15 is 0 Å². The van der Waals surface area contributed by atoms with E-state index < -0.39 is 0 Å². The molecule has 2 aromatic rings.